The highest BCUT2D eigenvalue weighted by molar-refractivity contribution is 5.52. The summed E-state index contributed by atoms with van der Waals surface area (Å²) in [4.78, 5) is 2.23. The molecule has 0 bridgehead atoms. The van der Waals surface area contributed by atoms with Crippen molar-refractivity contribution in [3.05, 3.63) is 94.8 Å². The van der Waals surface area contributed by atoms with Gasteiger partial charge in [0.15, 0.2) is 6.29 Å². The molecule has 5 rings (SSSR count). The normalized spacial score (nSPS) is 20.7. The minimum atomic E-state index is -0.315. The summed E-state index contributed by atoms with van der Waals surface area (Å²) < 4.78 is 32.9. The first-order chi connectivity index (χ1) is 17.1. The quantitative estimate of drug-likeness (QED) is 0.457. The number of rotatable bonds is 6. The molecule has 0 unspecified atom stereocenters. The van der Waals surface area contributed by atoms with Gasteiger partial charge in [0.25, 0.3) is 0 Å². The van der Waals surface area contributed by atoms with E-state index in [1.807, 2.05) is 48.5 Å². The predicted octanol–water partition coefficient (Wildman–Crippen LogP) is 5.77. The van der Waals surface area contributed by atoms with E-state index in [0.717, 1.165) is 48.3 Å². The third-order valence-electron chi connectivity index (χ3n) is 7.38. The minimum absolute atomic E-state index is 0.188. The Hall–Kier alpha value is -2.93. The van der Waals surface area contributed by atoms with E-state index in [4.69, 9.17) is 14.2 Å². The average Bonchev–Trinajstić information content (AvgIpc) is 2.89. The molecule has 0 spiro atoms. The van der Waals surface area contributed by atoms with Crippen molar-refractivity contribution in [2.75, 3.05) is 32.2 Å². The Balaban J connectivity index is 1.44. The third-order valence-corrected chi connectivity index (χ3v) is 7.38. The number of nitrogens with zero attached hydrogens (tertiary/aromatic N) is 1. The molecule has 2 atom stereocenters. The second kappa shape index (κ2) is 10.4. The standard InChI is InChI=1S/C29H32FNO4/c1-33-29(34-2)20-12-14-31(15-13-20)22-8-10-25(26(30)17-22)27-24-11-9-23(32)16-21(24)18-35-28(27)19-6-4-3-5-7-19/h3-11,16-17,20,27-29,32H,12-15,18H2,1-2H3/t27-,28+/m0/s1. The first-order valence-electron chi connectivity index (χ1n) is 12.2. The average molecular weight is 478 g/mol. The number of fused-ring (bicyclic) bond motifs is 1. The fourth-order valence-electron chi connectivity index (χ4n) is 5.60. The van der Waals surface area contributed by atoms with Gasteiger partial charge in [-0.15, -0.1) is 0 Å². The van der Waals surface area contributed by atoms with Crippen LogP contribution in [0.25, 0.3) is 0 Å². The van der Waals surface area contributed by atoms with E-state index in [2.05, 4.69) is 4.90 Å². The monoisotopic (exact) mass is 477 g/mol. The van der Waals surface area contributed by atoms with Crippen LogP contribution in [0.3, 0.4) is 0 Å². The van der Waals surface area contributed by atoms with Gasteiger partial charge < -0.3 is 24.2 Å². The van der Waals surface area contributed by atoms with Crippen molar-refractivity contribution in [1.29, 1.82) is 0 Å². The molecule has 35 heavy (non-hydrogen) atoms. The largest absolute Gasteiger partial charge is 0.508 e. The predicted molar refractivity (Wildman–Crippen MR) is 133 cm³/mol. The molecule has 2 aliphatic rings. The summed E-state index contributed by atoms with van der Waals surface area (Å²) in [6, 6.07) is 20.8. The number of anilines is 1. The van der Waals surface area contributed by atoms with Crippen LogP contribution in [0.1, 0.15) is 47.1 Å². The molecule has 0 saturated carbocycles. The van der Waals surface area contributed by atoms with E-state index in [1.54, 1.807) is 32.4 Å². The number of methoxy groups -OCH3 is 2. The lowest BCUT2D eigenvalue weighted by Crippen LogP contribution is -2.39. The molecular weight excluding hydrogens is 445 g/mol. The van der Waals surface area contributed by atoms with E-state index in [9.17, 15) is 5.11 Å². The highest BCUT2D eigenvalue weighted by Gasteiger charge is 2.35. The number of hydrogen-bond donors (Lipinski definition) is 1. The molecular formula is C29H32FNO4. The van der Waals surface area contributed by atoms with Gasteiger partial charge in [0.05, 0.1) is 12.7 Å². The van der Waals surface area contributed by atoms with E-state index in [1.165, 1.54) is 0 Å². The van der Waals surface area contributed by atoms with Crippen molar-refractivity contribution in [2.45, 2.75) is 37.8 Å². The second-order valence-electron chi connectivity index (χ2n) is 9.37. The van der Waals surface area contributed by atoms with Crippen LogP contribution in [0.4, 0.5) is 10.1 Å². The molecule has 1 N–H and O–H groups in total. The SMILES string of the molecule is COC(OC)C1CCN(c2ccc([C@@H]3c4ccc(O)cc4CO[C@@H]3c3ccccc3)c(F)c2)CC1. The Morgan fingerprint density at radius 3 is 2.34 bits per heavy atom. The van der Waals surface area contributed by atoms with E-state index in [0.29, 0.717) is 18.1 Å². The zero-order valence-corrected chi connectivity index (χ0v) is 20.2. The van der Waals surface area contributed by atoms with Crippen molar-refractivity contribution in [1.82, 2.24) is 0 Å². The number of ether oxygens (including phenoxy) is 3. The Kier molecular flexibility index (Phi) is 7.04. The number of hydrogen-bond acceptors (Lipinski definition) is 5. The van der Waals surface area contributed by atoms with Gasteiger partial charge in [-0.25, -0.2) is 4.39 Å². The lowest BCUT2D eigenvalue weighted by molar-refractivity contribution is -0.141. The molecule has 184 valence electrons. The number of benzene rings is 3. The molecule has 1 fully saturated rings. The lowest BCUT2D eigenvalue weighted by atomic mass is 9.79. The van der Waals surface area contributed by atoms with Crippen molar-refractivity contribution in [3.63, 3.8) is 0 Å². The van der Waals surface area contributed by atoms with Gasteiger partial charge in [0.2, 0.25) is 0 Å². The fourth-order valence-corrected chi connectivity index (χ4v) is 5.60. The highest BCUT2D eigenvalue weighted by atomic mass is 19.1. The first kappa shape index (κ1) is 23.8. The molecule has 0 aromatic heterocycles. The van der Waals surface area contributed by atoms with E-state index < -0.39 is 0 Å². The maximum absolute atomic E-state index is 15.8. The number of phenols is 1. The van der Waals surface area contributed by atoms with Crippen LogP contribution >= 0.6 is 0 Å². The second-order valence-corrected chi connectivity index (χ2v) is 9.37. The van der Waals surface area contributed by atoms with Crippen molar-refractivity contribution < 1.29 is 23.7 Å². The molecule has 5 nitrogen and oxygen atoms in total. The van der Waals surface area contributed by atoms with Gasteiger partial charge in [0.1, 0.15) is 11.6 Å². The van der Waals surface area contributed by atoms with Crippen LogP contribution in [0.2, 0.25) is 0 Å². The Morgan fingerprint density at radius 1 is 0.943 bits per heavy atom. The molecule has 6 heteroatoms. The number of phenolic OH excluding ortho intramolecular Hbond substituents is 1. The van der Waals surface area contributed by atoms with Crippen molar-refractivity contribution in [3.8, 4) is 5.75 Å². The van der Waals surface area contributed by atoms with E-state index in [-0.39, 0.29) is 29.9 Å². The smallest absolute Gasteiger partial charge is 0.159 e. The zero-order chi connectivity index (χ0) is 24.4. The highest BCUT2D eigenvalue weighted by Crippen LogP contribution is 2.46. The van der Waals surface area contributed by atoms with Gasteiger partial charge in [-0.2, -0.15) is 0 Å². The maximum atomic E-state index is 15.8. The lowest BCUT2D eigenvalue weighted by Gasteiger charge is -2.37. The molecule has 1 saturated heterocycles. The summed E-state index contributed by atoms with van der Waals surface area (Å²) in [6.07, 6.45) is 1.35. The van der Waals surface area contributed by atoms with Crippen LogP contribution in [-0.2, 0) is 20.8 Å². The topological polar surface area (TPSA) is 51.2 Å². The summed E-state index contributed by atoms with van der Waals surface area (Å²) in [7, 11) is 3.34. The number of halogens is 1. The summed E-state index contributed by atoms with van der Waals surface area (Å²) in [5.41, 5.74) is 4.37. The summed E-state index contributed by atoms with van der Waals surface area (Å²) >= 11 is 0. The molecule has 2 heterocycles. The summed E-state index contributed by atoms with van der Waals surface area (Å²) in [6.45, 7) is 2.03. The fraction of sp³-hybridized carbons (Fsp3) is 0.379. The molecule has 2 aliphatic heterocycles. The minimum Gasteiger partial charge on any atom is -0.508 e. The van der Waals surface area contributed by atoms with E-state index >= 15 is 4.39 Å². The summed E-state index contributed by atoms with van der Waals surface area (Å²) in [5, 5.41) is 10.00. The Morgan fingerprint density at radius 2 is 1.66 bits per heavy atom. The molecule has 0 amide bonds. The first-order valence-corrected chi connectivity index (χ1v) is 12.2. The van der Waals surface area contributed by atoms with Crippen LogP contribution in [0.15, 0.2) is 66.7 Å². The maximum Gasteiger partial charge on any atom is 0.159 e. The Bertz CT molecular complexity index is 1140. The van der Waals surface area contributed by atoms with Gasteiger partial charge in [-0.05, 0) is 59.4 Å². The number of aromatic hydroxyl groups is 1. The van der Waals surface area contributed by atoms with Crippen LogP contribution < -0.4 is 4.90 Å². The van der Waals surface area contributed by atoms with Crippen LogP contribution in [0, 0.1) is 11.7 Å². The van der Waals surface area contributed by atoms with Gasteiger partial charge in [-0.3, -0.25) is 0 Å². The number of piperidine rings is 1. The molecule has 3 aromatic rings. The zero-order valence-electron chi connectivity index (χ0n) is 20.2. The molecule has 0 radical (unpaired) electrons. The molecule has 3 aromatic carbocycles. The van der Waals surface area contributed by atoms with Gasteiger partial charge >= 0.3 is 0 Å². The van der Waals surface area contributed by atoms with Crippen LogP contribution in [-0.4, -0.2) is 38.7 Å². The van der Waals surface area contributed by atoms with Crippen molar-refractivity contribution >= 4 is 5.69 Å². The van der Waals surface area contributed by atoms with Gasteiger partial charge in [-0.1, -0.05) is 42.5 Å². The third kappa shape index (κ3) is 4.79. The van der Waals surface area contributed by atoms with Crippen LogP contribution in [0.5, 0.6) is 5.75 Å². The van der Waals surface area contributed by atoms with Gasteiger partial charge in [0, 0.05) is 44.8 Å². The molecule has 0 aliphatic carbocycles. The van der Waals surface area contributed by atoms with Crippen molar-refractivity contribution in [2.24, 2.45) is 5.92 Å². The Labute approximate surface area is 206 Å². The summed E-state index contributed by atoms with van der Waals surface area (Å²) in [5.74, 6) is -0.0329.